The normalized spacial score (nSPS) is 11.8. The van der Waals surface area contributed by atoms with Gasteiger partial charge in [-0.15, -0.1) is 0 Å². The van der Waals surface area contributed by atoms with Crippen LogP contribution in [0.3, 0.4) is 0 Å². The van der Waals surface area contributed by atoms with E-state index in [0.29, 0.717) is 23.3 Å². The van der Waals surface area contributed by atoms with Crippen molar-refractivity contribution in [3.63, 3.8) is 0 Å². The van der Waals surface area contributed by atoms with E-state index in [1.54, 1.807) is 0 Å². The Morgan fingerprint density at radius 1 is 1.39 bits per heavy atom. The third-order valence-electron chi connectivity index (χ3n) is 3.01. The van der Waals surface area contributed by atoms with E-state index in [1.807, 2.05) is 13.8 Å². The number of rotatable bonds is 7. The van der Waals surface area contributed by atoms with Crippen molar-refractivity contribution in [1.82, 2.24) is 15.0 Å². The van der Waals surface area contributed by atoms with Crippen LogP contribution < -0.4 is 10.1 Å². The Morgan fingerprint density at radius 3 is 2.78 bits per heavy atom. The molecule has 0 aliphatic rings. The molecule has 0 bridgehead atoms. The van der Waals surface area contributed by atoms with Crippen LogP contribution in [0.25, 0.3) is 0 Å². The first-order chi connectivity index (χ1) is 11.0. The van der Waals surface area contributed by atoms with Crippen molar-refractivity contribution in [2.45, 2.75) is 26.4 Å². The average molecular weight is 338 g/mol. The van der Waals surface area contributed by atoms with Gasteiger partial charge in [0.1, 0.15) is 29.5 Å². The van der Waals surface area contributed by atoms with Crippen LogP contribution >= 0.6 is 11.6 Å². The maximum Gasteiger partial charge on any atom is 0.287 e. The molecule has 0 spiro atoms. The zero-order chi connectivity index (χ0) is 16.8. The molecule has 2 aromatic rings. The molecule has 1 N–H and O–H groups in total. The first-order valence-corrected chi connectivity index (χ1v) is 7.39. The summed E-state index contributed by atoms with van der Waals surface area (Å²) in [4.78, 5) is 22.1. The Balaban J connectivity index is 1.92. The highest BCUT2D eigenvalue weighted by Crippen LogP contribution is 2.22. The highest BCUT2D eigenvalue weighted by molar-refractivity contribution is 6.33. The van der Waals surface area contributed by atoms with Crippen molar-refractivity contribution in [2.24, 2.45) is 0 Å². The van der Waals surface area contributed by atoms with Gasteiger partial charge < -0.3 is 10.1 Å². The number of nitrogens with one attached hydrogen (secondary N) is 1. The molecule has 2 rings (SSSR count). The highest BCUT2D eigenvalue weighted by Gasteiger charge is 2.11. The summed E-state index contributed by atoms with van der Waals surface area (Å²) in [7, 11) is 0. The number of aryl methyl sites for hydroxylation is 1. The quantitative estimate of drug-likeness (QED) is 0.612. The number of ether oxygens (including phenoxy) is 1. The zero-order valence-corrected chi connectivity index (χ0v) is 13.4. The van der Waals surface area contributed by atoms with Gasteiger partial charge in [0.15, 0.2) is 0 Å². The van der Waals surface area contributed by atoms with E-state index in [9.17, 15) is 10.1 Å². The molecule has 0 saturated heterocycles. The number of anilines is 1. The molecule has 0 aliphatic heterocycles. The number of nitrogens with zero attached hydrogens (tertiary/aromatic N) is 4. The topological polar surface area (TPSA) is 103 Å². The molecule has 0 saturated carbocycles. The van der Waals surface area contributed by atoms with Crippen molar-refractivity contribution in [3.05, 3.63) is 45.5 Å². The third-order valence-corrected chi connectivity index (χ3v) is 3.40. The van der Waals surface area contributed by atoms with E-state index in [2.05, 4.69) is 20.3 Å². The lowest BCUT2D eigenvalue weighted by Gasteiger charge is -2.15. The molecule has 9 heteroatoms. The molecule has 8 nitrogen and oxygen atoms in total. The Bertz CT molecular complexity index is 681. The van der Waals surface area contributed by atoms with Crippen LogP contribution in [0.1, 0.15) is 19.5 Å². The minimum atomic E-state index is -0.510. The average Bonchev–Trinajstić information content (AvgIpc) is 2.54. The van der Waals surface area contributed by atoms with Gasteiger partial charge in [-0.25, -0.2) is 15.0 Å². The van der Waals surface area contributed by atoms with Gasteiger partial charge in [-0.05, 0) is 13.3 Å². The van der Waals surface area contributed by atoms with Gasteiger partial charge in [0, 0.05) is 12.1 Å². The fourth-order valence-electron chi connectivity index (χ4n) is 1.81. The van der Waals surface area contributed by atoms with Crippen molar-refractivity contribution >= 4 is 23.1 Å². The van der Waals surface area contributed by atoms with E-state index < -0.39 is 4.92 Å². The minimum Gasteiger partial charge on any atom is -0.473 e. The summed E-state index contributed by atoms with van der Waals surface area (Å²) in [5.74, 6) is 0.860. The van der Waals surface area contributed by atoms with Gasteiger partial charge >= 0.3 is 0 Å². The maximum atomic E-state index is 10.6. The van der Waals surface area contributed by atoms with E-state index in [4.69, 9.17) is 16.3 Å². The van der Waals surface area contributed by atoms with E-state index in [-0.39, 0.29) is 11.8 Å². The number of nitro groups is 1. The molecule has 0 amide bonds. The molecule has 0 fully saturated rings. The summed E-state index contributed by atoms with van der Waals surface area (Å²) in [5, 5.41) is 14.2. The molecule has 122 valence electrons. The summed E-state index contributed by atoms with van der Waals surface area (Å²) in [6, 6.07) is 2.80. The van der Waals surface area contributed by atoms with Gasteiger partial charge in [-0.3, -0.25) is 10.1 Å². The molecule has 2 heterocycles. The van der Waals surface area contributed by atoms with E-state index in [1.165, 1.54) is 18.5 Å². The van der Waals surface area contributed by atoms with Gasteiger partial charge in [-0.1, -0.05) is 18.5 Å². The molecule has 2 aromatic heterocycles. The number of hydrogen-bond donors (Lipinski definition) is 1. The van der Waals surface area contributed by atoms with Gasteiger partial charge in [-0.2, -0.15) is 0 Å². The summed E-state index contributed by atoms with van der Waals surface area (Å²) in [5.41, 5.74) is 0.692. The molecular weight excluding hydrogens is 322 g/mol. The second-order valence-corrected chi connectivity index (χ2v) is 5.14. The first kappa shape index (κ1) is 16.9. The zero-order valence-electron chi connectivity index (χ0n) is 12.7. The van der Waals surface area contributed by atoms with E-state index in [0.717, 1.165) is 18.3 Å². The second-order valence-electron chi connectivity index (χ2n) is 4.76. The van der Waals surface area contributed by atoms with Crippen LogP contribution in [0.15, 0.2) is 24.7 Å². The predicted octanol–water partition coefficient (Wildman–Crippen LogP) is 2.88. The smallest absolute Gasteiger partial charge is 0.287 e. The maximum absolute atomic E-state index is 10.6. The summed E-state index contributed by atoms with van der Waals surface area (Å²) in [6.45, 7) is 4.24. The standard InChI is InChI=1S/C14H16ClN5O3/c1-3-11-13(15)14(19-8-18-11)17-6-9(2)23-12-5-4-10(7-16-12)20(21)22/h4-5,7-9H,3,6H2,1-2H3,(H,17,18,19)/t9-/m1/s1. The number of hydrogen-bond acceptors (Lipinski definition) is 7. The second kappa shape index (κ2) is 7.68. The van der Waals surface area contributed by atoms with Gasteiger partial charge in [0.25, 0.3) is 5.69 Å². The number of pyridine rings is 1. The SMILES string of the molecule is CCc1ncnc(NC[C@@H](C)Oc2ccc([N+](=O)[O-])cn2)c1Cl. The fourth-order valence-corrected chi connectivity index (χ4v) is 2.11. The van der Waals surface area contributed by atoms with Gasteiger partial charge in [0.05, 0.1) is 17.2 Å². The van der Waals surface area contributed by atoms with Crippen LogP contribution in [0.5, 0.6) is 5.88 Å². The summed E-state index contributed by atoms with van der Waals surface area (Å²) in [6.07, 6.45) is 3.09. The van der Waals surface area contributed by atoms with Crippen LogP contribution in [-0.4, -0.2) is 32.5 Å². The summed E-state index contributed by atoms with van der Waals surface area (Å²) < 4.78 is 5.58. The Morgan fingerprint density at radius 2 is 2.17 bits per heavy atom. The number of halogens is 1. The predicted molar refractivity (Wildman–Crippen MR) is 85.9 cm³/mol. The monoisotopic (exact) mass is 337 g/mol. The first-order valence-electron chi connectivity index (χ1n) is 7.01. The van der Waals surface area contributed by atoms with Crippen LogP contribution in [0.4, 0.5) is 11.5 Å². The minimum absolute atomic E-state index is 0.0806. The molecule has 0 aromatic carbocycles. The van der Waals surface area contributed by atoms with Crippen molar-refractivity contribution in [1.29, 1.82) is 0 Å². The Labute approximate surface area is 138 Å². The molecule has 1 atom stereocenters. The summed E-state index contributed by atoms with van der Waals surface area (Å²) >= 11 is 6.20. The van der Waals surface area contributed by atoms with Crippen molar-refractivity contribution in [3.8, 4) is 5.88 Å². The molecule has 0 radical (unpaired) electrons. The van der Waals surface area contributed by atoms with Crippen molar-refractivity contribution in [2.75, 3.05) is 11.9 Å². The van der Waals surface area contributed by atoms with Gasteiger partial charge in [0.2, 0.25) is 5.88 Å². The highest BCUT2D eigenvalue weighted by atomic mass is 35.5. The lowest BCUT2D eigenvalue weighted by molar-refractivity contribution is -0.385. The van der Waals surface area contributed by atoms with Crippen LogP contribution in [0.2, 0.25) is 5.02 Å². The van der Waals surface area contributed by atoms with E-state index >= 15 is 0 Å². The third kappa shape index (κ3) is 4.49. The van der Waals surface area contributed by atoms with Crippen LogP contribution in [-0.2, 0) is 6.42 Å². The lowest BCUT2D eigenvalue weighted by Crippen LogP contribution is -2.23. The number of aromatic nitrogens is 3. The lowest BCUT2D eigenvalue weighted by atomic mass is 10.3. The molecule has 0 aliphatic carbocycles. The van der Waals surface area contributed by atoms with Crippen LogP contribution in [0, 0.1) is 10.1 Å². The fraction of sp³-hybridized carbons (Fsp3) is 0.357. The largest absolute Gasteiger partial charge is 0.473 e. The molecular formula is C14H16ClN5O3. The van der Waals surface area contributed by atoms with Crippen molar-refractivity contribution < 1.29 is 9.66 Å². The Hall–Kier alpha value is -2.48. The molecule has 23 heavy (non-hydrogen) atoms. The molecule has 0 unspecified atom stereocenters. The Kier molecular flexibility index (Phi) is 5.64.